The van der Waals surface area contributed by atoms with E-state index in [1.165, 1.54) is 10.6 Å². The second kappa shape index (κ2) is 7.52. The van der Waals surface area contributed by atoms with Gasteiger partial charge in [-0.05, 0) is 32.0 Å². The van der Waals surface area contributed by atoms with E-state index in [0.717, 1.165) is 42.6 Å². The van der Waals surface area contributed by atoms with Gasteiger partial charge in [0, 0.05) is 24.2 Å². The monoisotopic (exact) mass is 304 g/mol. The van der Waals surface area contributed by atoms with Crippen molar-refractivity contribution in [2.24, 2.45) is 0 Å². The molecule has 0 bridgehead atoms. The summed E-state index contributed by atoms with van der Waals surface area (Å²) in [6.45, 7) is 9.00. The van der Waals surface area contributed by atoms with Crippen molar-refractivity contribution in [1.82, 2.24) is 15.3 Å². The van der Waals surface area contributed by atoms with Crippen LogP contribution in [0.25, 0.3) is 0 Å². The molecule has 0 unspecified atom stereocenters. The van der Waals surface area contributed by atoms with E-state index in [-0.39, 0.29) is 0 Å². The normalized spacial score (nSPS) is 10.9. The summed E-state index contributed by atoms with van der Waals surface area (Å²) < 4.78 is 0. The van der Waals surface area contributed by atoms with E-state index in [9.17, 15) is 0 Å². The molecule has 114 valence electrons. The van der Waals surface area contributed by atoms with Crippen molar-refractivity contribution in [2.75, 3.05) is 18.5 Å². The van der Waals surface area contributed by atoms with Crippen LogP contribution in [0.2, 0.25) is 0 Å². The first-order valence-electron chi connectivity index (χ1n) is 7.47. The molecule has 21 heavy (non-hydrogen) atoms. The quantitative estimate of drug-likeness (QED) is 0.853. The van der Waals surface area contributed by atoms with E-state index < -0.39 is 0 Å². The predicted molar refractivity (Wildman–Crippen MR) is 90.0 cm³/mol. The highest BCUT2D eigenvalue weighted by Gasteiger charge is 2.13. The first kappa shape index (κ1) is 15.9. The zero-order valence-corrected chi connectivity index (χ0v) is 14.1. The molecule has 2 aromatic rings. The standard InChI is InChI=1S/C16H24N4S/c1-5-14-15(10-17-6-2)21-16(19-14)20(4)11-13-9-7-8-12(3)18-13/h7-9,17H,5-6,10-11H2,1-4H3. The summed E-state index contributed by atoms with van der Waals surface area (Å²) in [5.41, 5.74) is 3.35. The molecule has 0 spiro atoms. The number of nitrogens with zero attached hydrogens (tertiary/aromatic N) is 3. The van der Waals surface area contributed by atoms with Gasteiger partial charge in [0.2, 0.25) is 0 Å². The molecule has 0 amide bonds. The van der Waals surface area contributed by atoms with E-state index in [0.29, 0.717) is 0 Å². The molecule has 0 aliphatic carbocycles. The van der Waals surface area contributed by atoms with Crippen LogP contribution in [0.3, 0.4) is 0 Å². The molecule has 1 N–H and O–H groups in total. The van der Waals surface area contributed by atoms with Gasteiger partial charge in [-0.15, -0.1) is 11.3 Å². The van der Waals surface area contributed by atoms with Crippen molar-refractivity contribution in [3.8, 4) is 0 Å². The summed E-state index contributed by atoms with van der Waals surface area (Å²) in [6.07, 6.45) is 0.980. The summed E-state index contributed by atoms with van der Waals surface area (Å²) in [4.78, 5) is 12.9. The van der Waals surface area contributed by atoms with Gasteiger partial charge in [0.15, 0.2) is 5.13 Å². The Morgan fingerprint density at radius 2 is 2.05 bits per heavy atom. The highest BCUT2D eigenvalue weighted by molar-refractivity contribution is 7.15. The molecule has 0 aliphatic heterocycles. The zero-order valence-electron chi connectivity index (χ0n) is 13.3. The minimum atomic E-state index is 0.791. The molecule has 0 aromatic carbocycles. The Bertz CT molecular complexity index is 579. The molecule has 0 radical (unpaired) electrons. The molecule has 2 aromatic heterocycles. The number of aromatic nitrogens is 2. The average Bonchev–Trinajstić information content (AvgIpc) is 2.88. The predicted octanol–water partition coefficient (Wildman–Crippen LogP) is 3.15. The minimum Gasteiger partial charge on any atom is -0.345 e. The lowest BCUT2D eigenvalue weighted by atomic mass is 10.3. The van der Waals surface area contributed by atoms with Gasteiger partial charge in [-0.25, -0.2) is 4.98 Å². The lowest BCUT2D eigenvalue weighted by Gasteiger charge is -2.15. The molecular weight excluding hydrogens is 280 g/mol. The summed E-state index contributed by atoms with van der Waals surface area (Å²) in [7, 11) is 2.08. The maximum absolute atomic E-state index is 4.78. The fourth-order valence-electron chi connectivity index (χ4n) is 2.18. The van der Waals surface area contributed by atoms with E-state index in [2.05, 4.69) is 48.2 Å². The molecule has 0 aliphatic rings. The Kier molecular flexibility index (Phi) is 5.70. The average molecular weight is 304 g/mol. The summed E-state index contributed by atoms with van der Waals surface area (Å²) >= 11 is 1.78. The SMILES string of the molecule is CCNCc1sc(N(C)Cc2cccc(C)n2)nc1CC. The third-order valence-electron chi connectivity index (χ3n) is 3.31. The molecule has 4 nitrogen and oxygen atoms in total. The molecule has 0 saturated heterocycles. The van der Waals surface area contributed by atoms with Crippen LogP contribution in [0.4, 0.5) is 5.13 Å². The molecule has 0 saturated carbocycles. The number of thiazole rings is 1. The van der Waals surface area contributed by atoms with Crippen LogP contribution in [0.1, 0.15) is 35.8 Å². The number of anilines is 1. The number of rotatable bonds is 7. The number of nitrogens with one attached hydrogen (secondary N) is 1. The topological polar surface area (TPSA) is 41.0 Å². The number of aryl methyl sites for hydroxylation is 2. The van der Waals surface area contributed by atoms with E-state index in [1.54, 1.807) is 11.3 Å². The lowest BCUT2D eigenvalue weighted by molar-refractivity contribution is 0.727. The molecule has 2 heterocycles. The van der Waals surface area contributed by atoms with Crippen molar-refractivity contribution in [2.45, 2.75) is 40.3 Å². The van der Waals surface area contributed by atoms with Gasteiger partial charge < -0.3 is 10.2 Å². The van der Waals surface area contributed by atoms with Crippen molar-refractivity contribution < 1.29 is 0 Å². The van der Waals surface area contributed by atoms with Crippen LogP contribution in [-0.4, -0.2) is 23.6 Å². The highest BCUT2D eigenvalue weighted by Crippen LogP contribution is 2.27. The molecule has 0 atom stereocenters. The van der Waals surface area contributed by atoms with E-state index in [4.69, 9.17) is 4.98 Å². The second-order valence-electron chi connectivity index (χ2n) is 5.13. The van der Waals surface area contributed by atoms with E-state index in [1.807, 2.05) is 13.0 Å². The smallest absolute Gasteiger partial charge is 0.185 e. The number of pyridine rings is 1. The lowest BCUT2D eigenvalue weighted by Crippen LogP contribution is -2.17. The minimum absolute atomic E-state index is 0.791. The van der Waals surface area contributed by atoms with Crippen LogP contribution >= 0.6 is 11.3 Å². The Morgan fingerprint density at radius 3 is 2.71 bits per heavy atom. The Labute approximate surface area is 131 Å². The van der Waals surface area contributed by atoms with Crippen LogP contribution < -0.4 is 10.2 Å². The van der Waals surface area contributed by atoms with Gasteiger partial charge in [0.1, 0.15) is 0 Å². The molecule has 2 rings (SSSR count). The first-order valence-corrected chi connectivity index (χ1v) is 8.28. The van der Waals surface area contributed by atoms with Gasteiger partial charge in [0.05, 0.1) is 17.9 Å². The van der Waals surface area contributed by atoms with Gasteiger partial charge in [0.25, 0.3) is 0 Å². The summed E-state index contributed by atoms with van der Waals surface area (Å²) in [6, 6.07) is 6.15. The number of hydrogen-bond donors (Lipinski definition) is 1. The van der Waals surface area contributed by atoms with Gasteiger partial charge in [-0.1, -0.05) is 19.9 Å². The molecule has 0 fully saturated rings. The molecular formula is C16H24N4S. The summed E-state index contributed by atoms with van der Waals surface area (Å²) in [5, 5.41) is 4.46. The Morgan fingerprint density at radius 1 is 1.24 bits per heavy atom. The van der Waals surface area contributed by atoms with Gasteiger partial charge in [-0.3, -0.25) is 4.98 Å². The Balaban J connectivity index is 2.11. The van der Waals surface area contributed by atoms with Crippen molar-refractivity contribution in [3.63, 3.8) is 0 Å². The maximum Gasteiger partial charge on any atom is 0.185 e. The van der Waals surface area contributed by atoms with Crippen molar-refractivity contribution in [1.29, 1.82) is 0 Å². The zero-order chi connectivity index (χ0) is 15.2. The van der Waals surface area contributed by atoms with Gasteiger partial charge >= 0.3 is 0 Å². The fourth-order valence-corrected chi connectivity index (χ4v) is 3.26. The third-order valence-corrected chi connectivity index (χ3v) is 4.52. The fraction of sp³-hybridized carbons (Fsp3) is 0.500. The van der Waals surface area contributed by atoms with Gasteiger partial charge in [-0.2, -0.15) is 0 Å². The highest BCUT2D eigenvalue weighted by atomic mass is 32.1. The van der Waals surface area contributed by atoms with Crippen LogP contribution in [0, 0.1) is 6.92 Å². The maximum atomic E-state index is 4.78. The van der Waals surface area contributed by atoms with Crippen molar-refractivity contribution in [3.05, 3.63) is 40.2 Å². The van der Waals surface area contributed by atoms with Crippen molar-refractivity contribution >= 4 is 16.5 Å². The van der Waals surface area contributed by atoms with E-state index >= 15 is 0 Å². The third kappa shape index (κ3) is 4.25. The first-order chi connectivity index (χ1) is 10.1. The van der Waals surface area contributed by atoms with Crippen LogP contribution in [-0.2, 0) is 19.5 Å². The largest absolute Gasteiger partial charge is 0.345 e. The van der Waals surface area contributed by atoms with Crippen LogP contribution in [0.15, 0.2) is 18.2 Å². The number of hydrogen-bond acceptors (Lipinski definition) is 5. The van der Waals surface area contributed by atoms with Crippen LogP contribution in [0.5, 0.6) is 0 Å². The second-order valence-corrected chi connectivity index (χ2v) is 6.19. The summed E-state index contributed by atoms with van der Waals surface area (Å²) in [5.74, 6) is 0. The Hall–Kier alpha value is -1.46. The molecule has 5 heteroatoms.